The Hall–Kier alpha value is 0.996. The van der Waals surface area contributed by atoms with Gasteiger partial charge in [-0.1, -0.05) is 12.2 Å². The number of hydrogen-bond donors (Lipinski definition) is 2. The van der Waals surface area contributed by atoms with Gasteiger partial charge in [0.25, 0.3) is 0 Å². The molecule has 0 amide bonds. The molecule has 0 unspecified atom stereocenters. The van der Waals surface area contributed by atoms with Gasteiger partial charge in [-0.15, -0.1) is 13.2 Å². The van der Waals surface area contributed by atoms with Crippen LogP contribution in [0.5, 0.6) is 0 Å². The number of rotatable bonds is 5. The fraction of sp³-hybridized carbons (Fsp3) is 0.500. The maximum atomic E-state index is 7.62. The van der Waals surface area contributed by atoms with Gasteiger partial charge in [-0.25, -0.2) is 0 Å². The molecule has 0 spiro atoms. The molecule has 0 heterocycles. The summed E-state index contributed by atoms with van der Waals surface area (Å²) in [6, 6.07) is 0. The van der Waals surface area contributed by atoms with E-state index in [1.807, 2.05) is 0 Å². The van der Waals surface area contributed by atoms with Gasteiger partial charge in [0, 0.05) is 0 Å². The summed E-state index contributed by atoms with van der Waals surface area (Å²) in [6.45, 7) is 7.93. The summed E-state index contributed by atoms with van der Waals surface area (Å²) in [5.74, 6) is 0. The van der Waals surface area contributed by atoms with Crippen LogP contribution in [0.4, 0.5) is 0 Å². The van der Waals surface area contributed by atoms with E-state index in [1.165, 1.54) is 0 Å². The zero-order chi connectivity index (χ0) is 8.95. The van der Waals surface area contributed by atoms with E-state index in [9.17, 15) is 0 Å². The predicted octanol–water partition coefficient (Wildman–Crippen LogP) is -0.303. The Morgan fingerprint density at radius 3 is 1.50 bits per heavy atom. The molecular formula is C8H17KO3. The summed E-state index contributed by atoms with van der Waals surface area (Å²) < 4.78 is 4.90. The van der Waals surface area contributed by atoms with E-state index in [-0.39, 0.29) is 64.6 Å². The van der Waals surface area contributed by atoms with Crippen molar-refractivity contribution in [2.75, 3.05) is 26.4 Å². The van der Waals surface area contributed by atoms with Crippen LogP contribution >= 0.6 is 0 Å². The van der Waals surface area contributed by atoms with Crippen LogP contribution in [0.15, 0.2) is 25.3 Å². The molecule has 0 atom stereocenters. The second-order valence-corrected chi connectivity index (χ2v) is 1.56. The van der Waals surface area contributed by atoms with Gasteiger partial charge < -0.3 is 14.9 Å². The van der Waals surface area contributed by atoms with Crippen molar-refractivity contribution in [1.29, 1.82) is 0 Å². The van der Waals surface area contributed by atoms with Crippen LogP contribution in [-0.4, -0.2) is 88.0 Å². The summed E-state index contributed by atoms with van der Waals surface area (Å²) in [4.78, 5) is 0. The van der Waals surface area contributed by atoms with Gasteiger partial charge in [0.1, 0.15) is 0 Å². The molecule has 0 aromatic rings. The first-order chi connectivity index (χ1) is 5.33. The summed E-state index contributed by atoms with van der Waals surface area (Å²) in [5, 5.41) is 15.2. The zero-order valence-corrected chi connectivity index (χ0v) is 6.70. The number of hydrogen-bond acceptors (Lipinski definition) is 3. The van der Waals surface area contributed by atoms with Crippen molar-refractivity contribution in [2.45, 2.75) is 0 Å². The Balaban J connectivity index is -0.000000142. The molecule has 4 heteroatoms. The standard InChI is InChI=1S/C6H10O.C2H6O2.K.H/c1-3-5-7-6-4-2;3-1-2-4;;/h3-4H,1-2,5-6H2;3-4H,1-2H2;;. The molecular weight excluding hydrogens is 183 g/mol. The second-order valence-electron chi connectivity index (χ2n) is 1.56. The van der Waals surface area contributed by atoms with Crippen LogP contribution in [0.1, 0.15) is 0 Å². The zero-order valence-electron chi connectivity index (χ0n) is 6.70. The first-order valence-electron chi connectivity index (χ1n) is 3.34. The van der Waals surface area contributed by atoms with Crippen LogP contribution in [0.2, 0.25) is 0 Å². The van der Waals surface area contributed by atoms with Gasteiger partial charge in [-0.2, -0.15) is 0 Å². The van der Waals surface area contributed by atoms with Gasteiger partial charge in [-0.05, 0) is 0 Å². The molecule has 0 aromatic carbocycles. The second kappa shape index (κ2) is 22.7. The van der Waals surface area contributed by atoms with E-state index < -0.39 is 0 Å². The minimum absolute atomic E-state index is 0. The van der Waals surface area contributed by atoms with Crippen molar-refractivity contribution in [1.82, 2.24) is 0 Å². The first kappa shape index (κ1) is 18.7. The monoisotopic (exact) mass is 200 g/mol. The van der Waals surface area contributed by atoms with E-state index in [0.29, 0.717) is 13.2 Å². The van der Waals surface area contributed by atoms with Crippen LogP contribution in [-0.2, 0) is 4.74 Å². The molecule has 0 bridgehead atoms. The molecule has 2 N–H and O–H groups in total. The quantitative estimate of drug-likeness (QED) is 0.364. The van der Waals surface area contributed by atoms with Crippen LogP contribution in [0.25, 0.3) is 0 Å². The Morgan fingerprint density at radius 1 is 1.00 bits per heavy atom. The third-order valence-electron chi connectivity index (χ3n) is 0.571. The average Bonchev–Trinajstić information content (AvgIpc) is 2.06. The molecule has 12 heavy (non-hydrogen) atoms. The number of aliphatic hydroxyl groups is 2. The predicted molar refractivity (Wildman–Crippen MR) is 52.5 cm³/mol. The summed E-state index contributed by atoms with van der Waals surface area (Å²) in [7, 11) is 0. The molecule has 0 fully saturated rings. The van der Waals surface area contributed by atoms with Gasteiger partial charge in [0.05, 0.1) is 26.4 Å². The van der Waals surface area contributed by atoms with Gasteiger partial charge >= 0.3 is 51.4 Å². The van der Waals surface area contributed by atoms with Crippen molar-refractivity contribution >= 4 is 51.4 Å². The van der Waals surface area contributed by atoms with Crippen molar-refractivity contribution in [2.24, 2.45) is 0 Å². The minimum atomic E-state index is -0.125. The van der Waals surface area contributed by atoms with Gasteiger partial charge in [-0.3, -0.25) is 0 Å². The van der Waals surface area contributed by atoms with Gasteiger partial charge in [0.15, 0.2) is 0 Å². The molecule has 0 radical (unpaired) electrons. The molecule has 68 valence electrons. The fourth-order valence-corrected chi connectivity index (χ4v) is 0.235. The van der Waals surface area contributed by atoms with Crippen molar-refractivity contribution < 1.29 is 14.9 Å². The topological polar surface area (TPSA) is 49.7 Å². The third kappa shape index (κ3) is 30.6. The Kier molecular flexibility index (Phi) is 35.4. The Morgan fingerprint density at radius 2 is 1.33 bits per heavy atom. The van der Waals surface area contributed by atoms with Crippen molar-refractivity contribution in [3.8, 4) is 0 Å². The van der Waals surface area contributed by atoms with E-state index in [0.717, 1.165) is 0 Å². The van der Waals surface area contributed by atoms with E-state index in [1.54, 1.807) is 12.2 Å². The molecule has 0 aliphatic rings. The number of aliphatic hydroxyl groups excluding tert-OH is 2. The van der Waals surface area contributed by atoms with Crippen LogP contribution in [0, 0.1) is 0 Å². The molecule has 0 saturated heterocycles. The summed E-state index contributed by atoms with van der Waals surface area (Å²) >= 11 is 0. The van der Waals surface area contributed by atoms with Crippen molar-refractivity contribution in [3.63, 3.8) is 0 Å². The fourth-order valence-electron chi connectivity index (χ4n) is 0.235. The van der Waals surface area contributed by atoms with Gasteiger partial charge in [0.2, 0.25) is 0 Å². The van der Waals surface area contributed by atoms with Crippen LogP contribution < -0.4 is 0 Å². The molecule has 0 rings (SSSR count). The van der Waals surface area contributed by atoms with E-state index in [2.05, 4.69) is 13.2 Å². The Labute approximate surface area is 117 Å². The SMILES string of the molecule is C=CCOCC=C.OCCO.[KH]. The first-order valence-corrected chi connectivity index (χ1v) is 3.34. The maximum absolute atomic E-state index is 7.62. The Bertz CT molecular complexity index is 76.4. The summed E-state index contributed by atoms with van der Waals surface area (Å²) in [5.41, 5.74) is 0. The summed E-state index contributed by atoms with van der Waals surface area (Å²) in [6.07, 6.45) is 3.42. The van der Waals surface area contributed by atoms with Crippen LogP contribution in [0.3, 0.4) is 0 Å². The van der Waals surface area contributed by atoms with Crippen molar-refractivity contribution in [3.05, 3.63) is 25.3 Å². The molecule has 0 aliphatic heterocycles. The third-order valence-corrected chi connectivity index (χ3v) is 0.571. The van der Waals surface area contributed by atoms with E-state index >= 15 is 0 Å². The normalized spacial score (nSPS) is 7.17. The average molecular weight is 200 g/mol. The molecule has 0 saturated carbocycles. The number of ether oxygens (including phenoxy) is 1. The molecule has 0 aromatic heterocycles. The molecule has 0 aliphatic carbocycles. The molecule has 3 nitrogen and oxygen atoms in total. The van der Waals surface area contributed by atoms with E-state index in [4.69, 9.17) is 14.9 Å².